The standard InChI is InChI=1S/C23H24FN3O/c1-14(2)15(3)18-9-8-16-12-25-23(26-22(16)21(18)24)28-20-7-5-6-17-13-27(4)11-10-19(17)20/h5-9,12H,10-11,13H2,1-4H3. The smallest absolute Gasteiger partial charge is 0.322 e. The van der Waals surface area contributed by atoms with Crippen molar-refractivity contribution < 1.29 is 9.13 Å². The Balaban J connectivity index is 1.74. The van der Waals surface area contributed by atoms with Crippen LogP contribution in [0.1, 0.15) is 37.5 Å². The van der Waals surface area contributed by atoms with E-state index in [-0.39, 0.29) is 17.3 Å². The lowest BCUT2D eigenvalue weighted by Crippen LogP contribution is -2.26. The highest BCUT2D eigenvalue weighted by molar-refractivity contribution is 5.83. The Morgan fingerprint density at radius 1 is 1.14 bits per heavy atom. The number of hydrogen-bond donors (Lipinski definition) is 0. The molecule has 0 amide bonds. The molecule has 4 nitrogen and oxygen atoms in total. The Labute approximate surface area is 164 Å². The zero-order valence-electron chi connectivity index (χ0n) is 16.7. The van der Waals surface area contributed by atoms with E-state index in [4.69, 9.17) is 4.74 Å². The first-order valence-corrected chi connectivity index (χ1v) is 9.51. The normalized spacial score (nSPS) is 14.0. The van der Waals surface area contributed by atoms with Crippen LogP contribution < -0.4 is 4.74 Å². The van der Waals surface area contributed by atoms with E-state index in [1.807, 2.05) is 39.0 Å². The van der Waals surface area contributed by atoms with Crippen molar-refractivity contribution in [2.75, 3.05) is 13.6 Å². The summed E-state index contributed by atoms with van der Waals surface area (Å²) in [5.74, 6) is 0.419. The van der Waals surface area contributed by atoms with E-state index in [0.717, 1.165) is 36.4 Å². The highest BCUT2D eigenvalue weighted by atomic mass is 19.1. The van der Waals surface area contributed by atoms with Crippen LogP contribution in [0, 0.1) is 5.82 Å². The minimum absolute atomic E-state index is 0.172. The van der Waals surface area contributed by atoms with E-state index in [1.54, 1.807) is 12.3 Å². The highest BCUT2D eigenvalue weighted by Gasteiger charge is 2.18. The van der Waals surface area contributed by atoms with Crippen LogP contribution in [0.2, 0.25) is 0 Å². The number of likely N-dealkylation sites (N-methyl/N-ethyl adjacent to an activating group) is 1. The monoisotopic (exact) mass is 377 g/mol. The molecule has 0 radical (unpaired) electrons. The van der Waals surface area contributed by atoms with Gasteiger partial charge >= 0.3 is 6.01 Å². The van der Waals surface area contributed by atoms with Crippen molar-refractivity contribution in [3.05, 3.63) is 64.6 Å². The number of allylic oxidation sites excluding steroid dienone is 2. The van der Waals surface area contributed by atoms with Crippen molar-refractivity contribution in [2.24, 2.45) is 0 Å². The molecule has 0 spiro atoms. The van der Waals surface area contributed by atoms with E-state index >= 15 is 4.39 Å². The zero-order valence-corrected chi connectivity index (χ0v) is 16.7. The third-order valence-electron chi connectivity index (χ3n) is 5.44. The molecule has 0 fully saturated rings. The van der Waals surface area contributed by atoms with E-state index in [1.165, 1.54) is 11.1 Å². The molecule has 4 rings (SSSR count). The largest absolute Gasteiger partial charge is 0.424 e. The number of hydrogen-bond acceptors (Lipinski definition) is 4. The molecule has 0 N–H and O–H groups in total. The van der Waals surface area contributed by atoms with Crippen molar-refractivity contribution in [3.63, 3.8) is 0 Å². The van der Waals surface area contributed by atoms with Crippen LogP contribution in [0.3, 0.4) is 0 Å². The van der Waals surface area contributed by atoms with Crippen LogP contribution >= 0.6 is 0 Å². The number of ether oxygens (including phenoxy) is 1. The lowest BCUT2D eigenvalue weighted by Gasteiger charge is -2.26. The molecule has 1 aromatic heterocycles. The zero-order chi connectivity index (χ0) is 19.8. The van der Waals surface area contributed by atoms with Crippen molar-refractivity contribution >= 4 is 16.5 Å². The molecular formula is C23H24FN3O. The summed E-state index contributed by atoms with van der Waals surface area (Å²) in [6.45, 7) is 7.75. The fraction of sp³-hybridized carbons (Fsp3) is 0.304. The highest BCUT2D eigenvalue weighted by Crippen LogP contribution is 2.31. The number of nitrogens with zero attached hydrogens (tertiary/aromatic N) is 3. The molecule has 0 bridgehead atoms. The van der Waals surface area contributed by atoms with Crippen LogP contribution in [-0.2, 0) is 13.0 Å². The fourth-order valence-corrected chi connectivity index (χ4v) is 3.56. The molecule has 1 aliphatic heterocycles. The molecule has 0 saturated heterocycles. The third kappa shape index (κ3) is 3.38. The van der Waals surface area contributed by atoms with Crippen LogP contribution in [0.25, 0.3) is 16.5 Å². The SMILES string of the molecule is CC(C)=C(C)c1ccc2cnc(Oc3cccc4c3CCN(C)C4)nc2c1F. The Hall–Kier alpha value is -2.79. The predicted octanol–water partition coefficient (Wildman–Crippen LogP) is 5.36. The molecule has 0 aliphatic carbocycles. The quantitative estimate of drug-likeness (QED) is 0.616. The van der Waals surface area contributed by atoms with Crippen molar-refractivity contribution in [3.8, 4) is 11.8 Å². The van der Waals surface area contributed by atoms with Crippen LogP contribution in [0.5, 0.6) is 11.8 Å². The van der Waals surface area contributed by atoms with Gasteiger partial charge in [-0.25, -0.2) is 9.37 Å². The van der Waals surface area contributed by atoms with Crippen LogP contribution in [-0.4, -0.2) is 28.5 Å². The summed E-state index contributed by atoms with van der Waals surface area (Å²) in [6.07, 6.45) is 2.53. The maximum Gasteiger partial charge on any atom is 0.322 e. The van der Waals surface area contributed by atoms with Gasteiger partial charge in [-0.1, -0.05) is 29.8 Å². The van der Waals surface area contributed by atoms with Gasteiger partial charge in [0.15, 0.2) is 5.82 Å². The van der Waals surface area contributed by atoms with Crippen LogP contribution in [0.4, 0.5) is 4.39 Å². The lowest BCUT2D eigenvalue weighted by molar-refractivity contribution is 0.308. The Bertz CT molecular complexity index is 1090. The summed E-state index contributed by atoms with van der Waals surface area (Å²) in [7, 11) is 2.11. The molecule has 5 heteroatoms. The second-order valence-electron chi connectivity index (χ2n) is 7.63. The second kappa shape index (κ2) is 7.32. The number of rotatable bonds is 3. The number of fused-ring (bicyclic) bond motifs is 2. The summed E-state index contributed by atoms with van der Waals surface area (Å²) in [5, 5.41) is 0.659. The minimum Gasteiger partial charge on any atom is -0.424 e. The van der Waals surface area contributed by atoms with Gasteiger partial charge in [0.25, 0.3) is 0 Å². The molecule has 28 heavy (non-hydrogen) atoms. The van der Waals surface area contributed by atoms with Gasteiger partial charge in [-0.3, -0.25) is 0 Å². The summed E-state index contributed by atoms with van der Waals surface area (Å²) >= 11 is 0. The molecule has 0 atom stereocenters. The van der Waals surface area contributed by atoms with Gasteiger partial charge in [0.2, 0.25) is 0 Å². The molecule has 2 aromatic carbocycles. The topological polar surface area (TPSA) is 38.2 Å². The van der Waals surface area contributed by atoms with Gasteiger partial charge in [-0.2, -0.15) is 4.98 Å². The second-order valence-corrected chi connectivity index (χ2v) is 7.63. The Morgan fingerprint density at radius 2 is 1.96 bits per heavy atom. The van der Waals surface area contributed by atoms with Crippen LogP contribution in [0.15, 0.2) is 42.1 Å². The first-order chi connectivity index (χ1) is 13.4. The molecular weight excluding hydrogens is 353 g/mol. The summed E-state index contributed by atoms with van der Waals surface area (Å²) in [6, 6.07) is 9.83. The van der Waals surface area contributed by atoms with Crippen molar-refractivity contribution in [1.29, 1.82) is 0 Å². The first kappa shape index (κ1) is 18.6. The van der Waals surface area contributed by atoms with Gasteiger partial charge < -0.3 is 9.64 Å². The van der Waals surface area contributed by atoms with Crippen molar-refractivity contribution in [1.82, 2.24) is 14.9 Å². The fourth-order valence-electron chi connectivity index (χ4n) is 3.56. The minimum atomic E-state index is -0.333. The number of aromatic nitrogens is 2. The summed E-state index contributed by atoms with van der Waals surface area (Å²) in [4.78, 5) is 11.0. The average molecular weight is 377 g/mol. The maximum absolute atomic E-state index is 15.1. The van der Waals surface area contributed by atoms with Gasteiger partial charge in [0.05, 0.1) is 0 Å². The lowest BCUT2D eigenvalue weighted by atomic mass is 9.99. The molecule has 1 aliphatic rings. The van der Waals surface area contributed by atoms with Gasteiger partial charge in [-0.15, -0.1) is 0 Å². The van der Waals surface area contributed by atoms with Gasteiger partial charge in [-0.05, 0) is 51.4 Å². The molecule has 0 saturated carbocycles. The predicted molar refractivity (Wildman–Crippen MR) is 110 cm³/mol. The summed E-state index contributed by atoms with van der Waals surface area (Å²) in [5.41, 5.74) is 5.27. The maximum atomic E-state index is 15.1. The van der Waals surface area contributed by atoms with Gasteiger partial charge in [0, 0.05) is 35.8 Å². The van der Waals surface area contributed by atoms with Crippen molar-refractivity contribution in [2.45, 2.75) is 33.7 Å². The average Bonchev–Trinajstić information content (AvgIpc) is 2.68. The number of benzene rings is 2. The molecule has 2 heterocycles. The Morgan fingerprint density at radius 3 is 2.75 bits per heavy atom. The third-order valence-corrected chi connectivity index (χ3v) is 5.44. The van der Waals surface area contributed by atoms with E-state index in [2.05, 4.69) is 28.0 Å². The number of halogens is 1. The molecule has 0 unspecified atom stereocenters. The van der Waals surface area contributed by atoms with E-state index in [0.29, 0.717) is 10.9 Å². The Kier molecular flexibility index (Phi) is 4.85. The molecule has 3 aromatic rings. The van der Waals surface area contributed by atoms with Gasteiger partial charge in [0.1, 0.15) is 11.3 Å². The van der Waals surface area contributed by atoms with E-state index in [9.17, 15) is 0 Å². The van der Waals surface area contributed by atoms with E-state index < -0.39 is 0 Å². The molecule has 144 valence electrons. The first-order valence-electron chi connectivity index (χ1n) is 9.51. The summed E-state index contributed by atoms with van der Waals surface area (Å²) < 4.78 is 21.1.